The SMILES string of the molecule is COc1ccc(CNc2nc3c(C)cccn3c(=O)c2/C=C2/SC(=S)N(C[C@H]3CCCO3)C2=O)cc1. The molecule has 8 nitrogen and oxygen atoms in total. The first-order valence-electron chi connectivity index (χ1n) is 11.7. The number of thiocarbonyl (C=S) groups is 1. The van der Waals surface area contributed by atoms with E-state index in [1.807, 2.05) is 37.3 Å². The molecule has 36 heavy (non-hydrogen) atoms. The van der Waals surface area contributed by atoms with Crippen LogP contribution in [0.5, 0.6) is 5.75 Å². The number of aryl methyl sites for hydroxylation is 1. The molecule has 5 rings (SSSR count). The fourth-order valence-corrected chi connectivity index (χ4v) is 5.54. The lowest BCUT2D eigenvalue weighted by molar-refractivity contribution is -0.123. The Morgan fingerprint density at radius 2 is 2.08 bits per heavy atom. The van der Waals surface area contributed by atoms with Gasteiger partial charge in [0.15, 0.2) is 0 Å². The lowest BCUT2D eigenvalue weighted by Gasteiger charge is -2.18. The zero-order valence-electron chi connectivity index (χ0n) is 20.0. The van der Waals surface area contributed by atoms with Gasteiger partial charge in [0.25, 0.3) is 11.5 Å². The summed E-state index contributed by atoms with van der Waals surface area (Å²) >= 11 is 6.69. The molecule has 0 unspecified atom stereocenters. The van der Waals surface area contributed by atoms with E-state index in [2.05, 4.69) is 5.32 Å². The maximum atomic E-state index is 13.6. The third-order valence-corrected chi connectivity index (χ3v) is 7.64. The molecule has 0 radical (unpaired) electrons. The minimum atomic E-state index is -0.259. The molecular formula is C26H26N4O4S2. The number of nitrogens with zero attached hydrogens (tertiary/aromatic N) is 3. The van der Waals surface area contributed by atoms with Gasteiger partial charge < -0.3 is 14.8 Å². The molecule has 0 bridgehead atoms. The van der Waals surface area contributed by atoms with Gasteiger partial charge in [0.1, 0.15) is 21.5 Å². The van der Waals surface area contributed by atoms with Crippen LogP contribution in [-0.4, -0.2) is 50.9 Å². The van der Waals surface area contributed by atoms with Crippen LogP contribution < -0.4 is 15.6 Å². The van der Waals surface area contributed by atoms with Gasteiger partial charge in [-0.2, -0.15) is 0 Å². The number of carbonyl (C=O) groups is 1. The van der Waals surface area contributed by atoms with E-state index < -0.39 is 0 Å². The second-order valence-electron chi connectivity index (χ2n) is 8.69. The number of pyridine rings is 1. The zero-order chi connectivity index (χ0) is 25.2. The Kier molecular flexibility index (Phi) is 7.08. The van der Waals surface area contributed by atoms with E-state index in [-0.39, 0.29) is 17.6 Å². The minimum absolute atomic E-state index is 0.00971. The maximum Gasteiger partial charge on any atom is 0.267 e. The second kappa shape index (κ2) is 10.4. The minimum Gasteiger partial charge on any atom is -0.497 e. The molecule has 1 N–H and O–H groups in total. The van der Waals surface area contributed by atoms with Gasteiger partial charge in [-0.3, -0.25) is 18.9 Å². The van der Waals surface area contributed by atoms with Gasteiger partial charge >= 0.3 is 0 Å². The van der Waals surface area contributed by atoms with Crippen molar-refractivity contribution in [2.75, 3.05) is 25.6 Å². The number of aromatic nitrogens is 2. The summed E-state index contributed by atoms with van der Waals surface area (Å²) in [4.78, 5) is 33.5. The van der Waals surface area contributed by atoms with Crippen molar-refractivity contribution >= 4 is 51.7 Å². The third kappa shape index (κ3) is 4.88. The van der Waals surface area contributed by atoms with E-state index in [1.165, 1.54) is 16.2 Å². The summed E-state index contributed by atoms with van der Waals surface area (Å²) in [5.41, 5.74) is 2.48. The topological polar surface area (TPSA) is 85.2 Å². The Morgan fingerprint density at radius 1 is 1.28 bits per heavy atom. The number of ether oxygens (including phenoxy) is 2. The smallest absolute Gasteiger partial charge is 0.267 e. The highest BCUT2D eigenvalue weighted by molar-refractivity contribution is 8.26. The number of hydrogen-bond acceptors (Lipinski definition) is 8. The molecule has 2 aliphatic heterocycles. The molecule has 2 saturated heterocycles. The highest BCUT2D eigenvalue weighted by Crippen LogP contribution is 2.34. The van der Waals surface area contributed by atoms with Crippen LogP contribution in [0.4, 0.5) is 5.82 Å². The molecule has 1 aromatic carbocycles. The standard InChI is InChI=1S/C26H26N4O4S2/c1-16-5-3-11-29-23(16)28-22(27-14-17-7-9-18(33-2)10-8-17)20(24(29)31)13-21-25(32)30(26(35)36-21)15-19-6-4-12-34-19/h3,5,7-11,13,19,27H,4,6,12,14-15H2,1-2H3/b21-13+/t19-/m1/s1. The van der Waals surface area contributed by atoms with E-state index in [9.17, 15) is 9.59 Å². The van der Waals surface area contributed by atoms with Crippen molar-refractivity contribution in [3.8, 4) is 5.75 Å². The Bertz CT molecular complexity index is 1410. The van der Waals surface area contributed by atoms with Crippen LogP contribution in [-0.2, 0) is 16.1 Å². The molecule has 3 aromatic rings. The molecule has 0 aliphatic carbocycles. The molecule has 186 valence electrons. The maximum absolute atomic E-state index is 13.6. The van der Waals surface area contributed by atoms with Gasteiger partial charge in [-0.05, 0) is 55.2 Å². The van der Waals surface area contributed by atoms with Gasteiger partial charge in [-0.1, -0.05) is 42.2 Å². The van der Waals surface area contributed by atoms with Crippen molar-refractivity contribution in [1.29, 1.82) is 0 Å². The number of thioether (sulfide) groups is 1. The number of rotatable bonds is 7. The molecule has 1 amide bonds. The molecule has 2 aliphatic rings. The lowest BCUT2D eigenvalue weighted by atomic mass is 10.2. The molecule has 0 spiro atoms. The molecular weight excluding hydrogens is 496 g/mol. The largest absolute Gasteiger partial charge is 0.497 e. The number of hydrogen-bond donors (Lipinski definition) is 1. The Labute approximate surface area is 218 Å². The number of amides is 1. The van der Waals surface area contributed by atoms with Crippen molar-refractivity contribution in [1.82, 2.24) is 14.3 Å². The fourth-order valence-electron chi connectivity index (χ4n) is 4.29. The average Bonchev–Trinajstić information content (AvgIpc) is 3.49. The van der Waals surface area contributed by atoms with Crippen molar-refractivity contribution in [2.24, 2.45) is 0 Å². The highest BCUT2D eigenvalue weighted by Gasteiger charge is 2.35. The Balaban J connectivity index is 1.50. The van der Waals surface area contributed by atoms with E-state index in [0.717, 1.165) is 29.7 Å². The van der Waals surface area contributed by atoms with Crippen LogP contribution in [0.3, 0.4) is 0 Å². The van der Waals surface area contributed by atoms with Crippen LogP contribution in [0.2, 0.25) is 0 Å². The number of anilines is 1. The van der Waals surface area contributed by atoms with Crippen LogP contribution in [0, 0.1) is 6.92 Å². The van der Waals surface area contributed by atoms with Crippen molar-refractivity contribution in [3.63, 3.8) is 0 Å². The number of carbonyl (C=O) groups excluding carboxylic acids is 1. The molecule has 0 saturated carbocycles. The third-order valence-electron chi connectivity index (χ3n) is 6.26. The molecule has 10 heteroatoms. The quantitative estimate of drug-likeness (QED) is 0.368. The predicted octanol–water partition coefficient (Wildman–Crippen LogP) is 4.00. The summed E-state index contributed by atoms with van der Waals surface area (Å²) in [7, 11) is 1.62. The average molecular weight is 523 g/mol. The van der Waals surface area contributed by atoms with E-state index in [4.69, 9.17) is 26.7 Å². The van der Waals surface area contributed by atoms with E-state index in [1.54, 1.807) is 30.3 Å². The normalized spacial score (nSPS) is 19.0. The first-order valence-corrected chi connectivity index (χ1v) is 12.9. The molecule has 4 heterocycles. The van der Waals surface area contributed by atoms with Crippen LogP contribution in [0.25, 0.3) is 11.7 Å². The molecule has 1 atom stereocenters. The van der Waals surface area contributed by atoms with Gasteiger partial charge in [-0.15, -0.1) is 0 Å². The van der Waals surface area contributed by atoms with Crippen LogP contribution in [0.1, 0.15) is 29.5 Å². The number of benzene rings is 1. The number of methoxy groups -OCH3 is 1. The Hall–Kier alpha value is -3.21. The first kappa shape index (κ1) is 24.5. The van der Waals surface area contributed by atoms with Crippen LogP contribution in [0.15, 0.2) is 52.3 Å². The Morgan fingerprint density at radius 3 is 2.81 bits per heavy atom. The fraction of sp³-hybridized carbons (Fsp3) is 0.308. The van der Waals surface area contributed by atoms with Crippen molar-refractivity contribution in [3.05, 3.63) is 74.5 Å². The van der Waals surface area contributed by atoms with E-state index >= 15 is 0 Å². The van der Waals surface area contributed by atoms with Crippen molar-refractivity contribution in [2.45, 2.75) is 32.4 Å². The predicted molar refractivity (Wildman–Crippen MR) is 145 cm³/mol. The summed E-state index contributed by atoms with van der Waals surface area (Å²) in [6.07, 6.45) is 5.17. The van der Waals surface area contributed by atoms with Crippen LogP contribution >= 0.6 is 24.0 Å². The summed E-state index contributed by atoms with van der Waals surface area (Å²) < 4.78 is 12.9. The van der Waals surface area contributed by atoms with Crippen molar-refractivity contribution < 1.29 is 14.3 Å². The van der Waals surface area contributed by atoms with Gasteiger partial charge in [-0.25, -0.2) is 4.98 Å². The number of fused-ring (bicyclic) bond motifs is 1. The first-order chi connectivity index (χ1) is 17.4. The monoisotopic (exact) mass is 522 g/mol. The zero-order valence-corrected chi connectivity index (χ0v) is 21.7. The second-order valence-corrected chi connectivity index (χ2v) is 10.4. The summed E-state index contributed by atoms with van der Waals surface area (Å²) in [6.45, 7) is 3.49. The highest BCUT2D eigenvalue weighted by atomic mass is 32.2. The molecule has 2 fully saturated rings. The van der Waals surface area contributed by atoms with E-state index in [0.29, 0.717) is 46.0 Å². The van der Waals surface area contributed by atoms with Gasteiger partial charge in [0, 0.05) is 19.3 Å². The lowest BCUT2D eigenvalue weighted by Crippen LogP contribution is -2.35. The summed E-state index contributed by atoms with van der Waals surface area (Å²) in [5, 5.41) is 3.30. The number of nitrogens with one attached hydrogen (secondary N) is 1. The van der Waals surface area contributed by atoms with Gasteiger partial charge in [0.05, 0.1) is 30.2 Å². The summed E-state index contributed by atoms with van der Waals surface area (Å²) in [6, 6.07) is 11.4. The van der Waals surface area contributed by atoms with Gasteiger partial charge in [0.2, 0.25) is 0 Å². The summed E-state index contributed by atoms with van der Waals surface area (Å²) in [5.74, 6) is 0.965. The molecule has 2 aromatic heterocycles.